The van der Waals surface area contributed by atoms with Gasteiger partial charge in [-0.25, -0.2) is 0 Å². The van der Waals surface area contributed by atoms with E-state index >= 15 is 0 Å². The highest BCUT2D eigenvalue weighted by Gasteiger charge is 2.32. The van der Waals surface area contributed by atoms with Crippen LogP contribution in [0, 0.1) is 5.92 Å². The fourth-order valence-electron chi connectivity index (χ4n) is 2.62. The summed E-state index contributed by atoms with van der Waals surface area (Å²) in [7, 11) is 0. The van der Waals surface area contributed by atoms with Crippen molar-refractivity contribution in [2.24, 2.45) is 17.4 Å². The number of primary amides is 1. The molecule has 1 heterocycles. The minimum absolute atomic E-state index is 0.129. The van der Waals surface area contributed by atoms with Crippen molar-refractivity contribution in [1.29, 1.82) is 0 Å². The summed E-state index contributed by atoms with van der Waals surface area (Å²) in [6.07, 6.45) is 0.196. The number of carbonyl (C=O) groups excluding carboxylic acids is 2. The van der Waals surface area contributed by atoms with Crippen molar-refractivity contribution in [1.82, 2.24) is 0 Å². The number of fused-ring (bicyclic) bond motifs is 1. The number of rotatable bonds is 5. The van der Waals surface area contributed by atoms with E-state index < -0.39 is 12.0 Å². The highest BCUT2D eigenvalue weighted by atomic mass is 16.5. The molecular weight excluding hydrogens is 282 g/mol. The Morgan fingerprint density at radius 3 is 2.68 bits per heavy atom. The van der Waals surface area contributed by atoms with E-state index in [1.165, 1.54) is 4.90 Å². The summed E-state index contributed by atoms with van der Waals surface area (Å²) in [4.78, 5) is 24.9. The zero-order valence-corrected chi connectivity index (χ0v) is 13.2. The second-order valence-electron chi connectivity index (χ2n) is 6.11. The first-order chi connectivity index (χ1) is 10.3. The molecule has 1 aliphatic heterocycles. The van der Waals surface area contributed by atoms with Crippen molar-refractivity contribution in [3.8, 4) is 5.75 Å². The number of hydrogen-bond donors (Lipinski definition) is 2. The number of hydrogen-bond acceptors (Lipinski definition) is 4. The molecule has 2 rings (SSSR count). The summed E-state index contributed by atoms with van der Waals surface area (Å²) in [6, 6.07) is 5.38. The molecular formula is C16H23N3O3. The molecule has 0 fully saturated rings. The minimum atomic E-state index is -0.637. The molecule has 2 atom stereocenters. The molecule has 1 aromatic carbocycles. The smallest absolute Gasteiger partial charge is 0.268 e. The lowest BCUT2D eigenvalue weighted by Crippen LogP contribution is -2.48. The van der Waals surface area contributed by atoms with Crippen LogP contribution in [-0.4, -0.2) is 24.5 Å². The van der Waals surface area contributed by atoms with Gasteiger partial charge in [0, 0.05) is 6.04 Å². The Kier molecular flexibility index (Phi) is 4.71. The molecule has 0 bridgehead atoms. The molecule has 2 amide bonds. The van der Waals surface area contributed by atoms with E-state index in [-0.39, 0.29) is 18.5 Å². The van der Waals surface area contributed by atoms with Crippen LogP contribution in [0.2, 0.25) is 0 Å². The van der Waals surface area contributed by atoms with Gasteiger partial charge >= 0.3 is 0 Å². The van der Waals surface area contributed by atoms with Gasteiger partial charge in [0.05, 0.1) is 5.69 Å². The zero-order valence-electron chi connectivity index (χ0n) is 13.2. The Morgan fingerprint density at radius 1 is 1.41 bits per heavy atom. The third kappa shape index (κ3) is 3.39. The lowest BCUT2D eigenvalue weighted by molar-refractivity contribution is -0.127. The largest absolute Gasteiger partial charge is 0.479 e. The van der Waals surface area contributed by atoms with E-state index in [2.05, 4.69) is 13.8 Å². The van der Waals surface area contributed by atoms with Gasteiger partial charge in [0.2, 0.25) is 5.91 Å². The van der Waals surface area contributed by atoms with Gasteiger partial charge in [0.25, 0.3) is 5.91 Å². The predicted octanol–water partition coefficient (Wildman–Crippen LogP) is 1.33. The fourth-order valence-corrected chi connectivity index (χ4v) is 2.62. The monoisotopic (exact) mass is 305 g/mol. The van der Waals surface area contributed by atoms with E-state index in [9.17, 15) is 9.59 Å². The van der Waals surface area contributed by atoms with Crippen LogP contribution in [0.4, 0.5) is 5.69 Å². The first-order valence-electron chi connectivity index (χ1n) is 7.45. The molecule has 1 aromatic rings. The fraction of sp³-hybridized carbons (Fsp3) is 0.500. The highest BCUT2D eigenvalue weighted by molar-refractivity contribution is 6.03. The number of nitrogens with zero attached hydrogens (tertiary/aromatic N) is 1. The molecule has 0 aromatic heterocycles. The molecule has 6 nitrogen and oxygen atoms in total. The molecule has 6 heteroatoms. The maximum atomic E-state index is 12.2. The van der Waals surface area contributed by atoms with Gasteiger partial charge in [-0.05, 0) is 37.0 Å². The van der Waals surface area contributed by atoms with Crippen LogP contribution < -0.4 is 21.1 Å². The Morgan fingerprint density at radius 2 is 2.09 bits per heavy atom. The molecule has 4 N–H and O–H groups in total. The van der Waals surface area contributed by atoms with Crippen molar-refractivity contribution in [2.75, 3.05) is 11.4 Å². The summed E-state index contributed by atoms with van der Waals surface area (Å²) in [5.41, 5.74) is 12.9. The van der Waals surface area contributed by atoms with Gasteiger partial charge in [0.15, 0.2) is 6.10 Å². The first-order valence-corrected chi connectivity index (χ1v) is 7.45. The van der Waals surface area contributed by atoms with Crippen LogP contribution >= 0.6 is 0 Å². The Bertz CT molecular complexity index is 586. The van der Waals surface area contributed by atoms with Crippen molar-refractivity contribution >= 4 is 17.5 Å². The van der Waals surface area contributed by atoms with Gasteiger partial charge in [0.1, 0.15) is 12.3 Å². The van der Waals surface area contributed by atoms with Crippen LogP contribution in [0.3, 0.4) is 0 Å². The summed E-state index contributed by atoms with van der Waals surface area (Å²) in [6.45, 7) is 5.69. The lowest BCUT2D eigenvalue weighted by Gasteiger charge is -2.33. The Balaban J connectivity index is 2.38. The SMILES string of the molecule is CC(C)CC(N)c1ccc2c(c1)N(CC(N)=O)C(=O)C(C)O2. The molecule has 0 saturated heterocycles. The zero-order chi connectivity index (χ0) is 16.4. The average molecular weight is 305 g/mol. The van der Waals surface area contributed by atoms with Gasteiger partial charge in [-0.3, -0.25) is 14.5 Å². The predicted molar refractivity (Wildman–Crippen MR) is 84.5 cm³/mol. The quantitative estimate of drug-likeness (QED) is 0.857. The number of ether oxygens (including phenoxy) is 1. The topological polar surface area (TPSA) is 98.6 Å². The standard InChI is InChI=1S/C16H23N3O3/c1-9(2)6-12(17)11-4-5-14-13(7-11)19(8-15(18)20)16(21)10(3)22-14/h4-5,7,9-10,12H,6,8,17H2,1-3H3,(H2,18,20). The van der Waals surface area contributed by atoms with Gasteiger partial charge in [-0.1, -0.05) is 19.9 Å². The van der Waals surface area contributed by atoms with E-state index in [4.69, 9.17) is 16.2 Å². The van der Waals surface area contributed by atoms with E-state index in [0.717, 1.165) is 12.0 Å². The number of anilines is 1. The van der Waals surface area contributed by atoms with Gasteiger partial charge in [-0.2, -0.15) is 0 Å². The van der Waals surface area contributed by atoms with Crippen molar-refractivity contribution < 1.29 is 14.3 Å². The normalized spacial score (nSPS) is 18.9. The Labute approximate surface area is 130 Å². The van der Waals surface area contributed by atoms with Crippen LogP contribution in [0.15, 0.2) is 18.2 Å². The van der Waals surface area contributed by atoms with E-state index in [1.807, 2.05) is 12.1 Å². The highest BCUT2D eigenvalue weighted by Crippen LogP contribution is 2.36. The summed E-state index contributed by atoms with van der Waals surface area (Å²) in [5.74, 6) is 0.186. The number of carbonyl (C=O) groups is 2. The third-order valence-electron chi connectivity index (χ3n) is 3.66. The maximum Gasteiger partial charge on any atom is 0.268 e. The minimum Gasteiger partial charge on any atom is -0.479 e. The molecule has 2 unspecified atom stereocenters. The van der Waals surface area contributed by atoms with Gasteiger partial charge < -0.3 is 16.2 Å². The van der Waals surface area contributed by atoms with Gasteiger partial charge in [-0.15, -0.1) is 0 Å². The van der Waals surface area contributed by atoms with Crippen molar-refractivity contribution in [3.05, 3.63) is 23.8 Å². The van der Waals surface area contributed by atoms with E-state index in [1.54, 1.807) is 13.0 Å². The molecule has 1 aliphatic rings. The second-order valence-corrected chi connectivity index (χ2v) is 6.11. The Hall–Kier alpha value is -2.08. The maximum absolute atomic E-state index is 12.2. The van der Waals surface area contributed by atoms with Crippen molar-refractivity contribution in [3.63, 3.8) is 0 Å². The molecule has 0 radical (unpaired) electrons. The summed E-state index contributed by atoms with van der Waals surface area (Å²) in [5, 5.41) is 0. The summed E-state index contributed by atoms with van der Waals surface area (Å²) >= 11 is 0. The van der Waals surface area contributed by atoms with Crippen LogP contribution in [0.1, 0.15) is 38.8 Å². The molecule has 0 saturated carbocycles. The molecule has 120 valence electrons. The molecule has 22 heavy (non-hydrogen) atoms. The number of nitrogens with two attached hydrogens (primary N) is 2. The molecule has 0 spiro atoms. The molecule has 0 aliphatic carbocycles. The number of amides is 2. The van der Waals surface area contributed by atoms with Crippen LogP contribution in [0.5, 0.6) is 5.75 Å². The van der Waals surface area contributed by atoms with Crippen molar-refractivity contribution in [2.45, 2.75) is 39.3 Å². The summed E-state index contributed by atoms with van der Waals surface area (Å²) < 4.78 is 5.59. The third-order valence-corrected chi connectivity index (χ3v) is 3.66. The van der Waals surface area contributed by atoms with Crippen LogP contribution in [0.25, 0.3) is 0 Å². The van der Waals surface area contributed by atoms with Crippen LogP contribution in [-0.2, 0) is 9.59 Å². The lowest BCUT2D eigenvalue weighted by atomic mass is 9.97. The number of benzene rings is 1. The average Bonchev–Trinajstić information content (AvgIpc) is 2.42. The first kappa shape index (κ1) is 16.3. The van der Waals surface area contributed by atoms with E-state index in [0.29, 0.717) is 17.4 Å². The second kappa shape index (κ2) is 6.36.